The average molecular weight is 502 g/mol. The molecule has 2 atom stereocenters. The Bertz CT molecular complexity index is 1460. The molecule has 4 aromatic rings. The molecular weight excluding hydrogens is 473 g/mol. The van der Waals surface area contributed by atoms with Gasteiger partial charge in [0.1, 0.15) is 5.82 Å². The first-order valence-electron chi connectivity index (χ1n) is 12.0. The van der Waals surface area contributed by atoms with Crippen LogP contribution in [0.25, 0.3) is 28.1 Å². The van der Waals surface area contributed by atoms with Gasteiger partial charge in [0.25, 0.3) is 5.56 Å². The summed E-state index contributed by atoms with van der Waals surface area (Å²) in [5, 5.41) is 30.4. The molecule has 0 spiro atoms. The number of carboxylic acids is 1. The lowest BCUT2D eigenvalue weighted by molar-refractivity contribution is -0.139. The second-order valence-corrected chi connectivity index (χ2v) is 8.92. The zero-order valence-electron chi connectivity index (χ0n) is 20.1. The Kier molecular flexibility index (Phi) is 8.28. The summed E-state index contributed by atoms with van der Waals surface area (Å²) in [7, 11) is 0. The van der Waals surface area contributed by atoms with E-state index in [1.165, 1.54) is 18.2 Å². The molecular formula is C30H28FNO5. The standard InChI is InChI=1S/C30H28FNO5/c31-22-12-10-21(11-13-22)29-26(15-14-23(33)18-24(34)19-28(35)36)25-8-4-5-9-27(25)30(37)32(29)17-16-20-6-2-1-3-7-20/h1-15,23-24,33-34H,16-19H2,(H,35,36)/b15-14+. The fraction of sp³-hybridized carbons (Fsp3) is 0.200. The summed E-state index contributed by atoms with van der Waals surface area (Å²) in [5.41, 5.74) is 2.75. The second-order valence-electron chi connectivity index (χ2n) is 8.92. The molecule has 1 heterocycles. The maximum atomic E-state index is 13.8. The molecule has 6 nitrogen and oxygen atoms in total. The number of nitrogens with zero attached hydrogens (tertiary/aromatic N) is 1. The summed E-state index contributed by atoms with van der Waals surface area (Å²) in [5.74, 6) is -1.55. The Morgan fingerprint density at radius 1 is 0.919 bits per heavy atom. The molecule has 0 saturated heterocycles. The number of rotatable bonds is 10. The lowest BCUT2D eigenvalue weighted by atomic mass is 9.97. The molecule has 3 N–H and O–H groups in total. The van der Waals surface area contributed by atoms with Crippen LogP contribution in [0.2, 0.25) is 0 Å². The first kappa shape index (κ1) is 26.0. The number of aliphatic hydroxyl groups is 2. The monoisotopic (exact) mass is 501 g/mol. The maximum absolute atomic E-state index is 13.8. The highest BCUT2D eigenvalue weighted by molar-refractivity contribution is 5.95. The lowest BCUT2D eigenvalue weighted by Crippen LogP contribution is -2.24. The zero-order valence-corrected chi connectivity index (χ0v) is 20.1. The Hall–Kier alpha value is -4.07. The molecule has 190 valence electrons. The third kappa shape index (κ3) is 6.39. The van der Waals surface area contributed by atoms with Crippen LogP contribution in [0.15, 0.2) is 89.7 Å². The van der Waals surface area contributed by atoms with E-state index in [0.29, 0.717) is 40.6 Å². The van der Waals surface area contributed by atoms with Gasteiger partial charge >= 0.3 is 5.97 Å². The number of aryl methyl sites for hydroxylation is 1. The van der Waals surface area contributed by atoms with Crippen LogP contribution in [-0.4, -0.2) is 38.1 Å². The molecule has 0 radical (unpaired) electrons. The number of carbonyl (C=O) groups is 1. The molecule has 0 saturated carbocycles. The van der Waals surface area contributed by atoms with Crippen molar-refractivity contribution in [3.63, 3.8) is 0 Å². The van der Waals surface area contributed by atoms with E-state index in [0.717, 1.165) is 5.56 Å². The Morgan fingerprint density at radius 3 is 2.24 bits per heavy atom. The molecule has 0 amide bonds. The number of pyridine rings is 1. The molecule has 0 bridgehead atoms. The van der Waals surface area contributed by atoms with Crippen molar-refractivity contribution in [2.75, 3.05) is 0 Å². The van der Waals surface area contributed by atoms with E-state index >= 15 is 0 Å². The predicted octanol–water partition coefficient (Wildman–Crippen LogP) is 4.65. The Balaban J connectivity index is 1.85. The van der Waals surface area contributed by atoms with Crippen molar-refractivity contribution in [1.29, 1.82) is 0 Å². The van der Waals surface area contributed by atoms with Crippen molar-refractivity contribution in [2.45, 2.75) is 38.0 Å². The van der Waals surface area contributed by atoms with E-state index in [1.807, 2.05) is 42.5 Å². The molecule has 0 aliphatic heterocycles. The van der Waals surface area contributed by atoms with Crippen LogP contribution in [0.4, 0.5) is 4.39 Å². The van der Waals surface area contributed by atoms with Gasteiger partial charge in [-0.1, -0.05) is 60.7 Å². The highest BCUT2D eigenvalue weighted by Gasteiger charge is 2.18. The van der Waals surface area contributed by atoms with Gasteiger partial charge in [0.15, 0.2) is 0 Å². The van der Waals surface area contributed by atoms with Gasteiger partial charge < -0.3 is 19.9 Å². The Labute approximate surface area is 213 Å². The van der Waals surface area contributed by atoms with E-state index in [2.05, 4.69) is 0 Å². The molecule has 2 unspecified atom stereocenters. The van der Waals surface area contributed by atoms with Crippen LogP contribution >= 0.6 is 0 Å². The number of fused-ring (bicyclic) bond motifs is 1. The highest BCUT2D eigenvalue weighted by atomic mass is 19.1. The second kappa shape index (κ2) is 11.8. The van der Waals surface area contributed by atoms with E-state index in [9.17, 15) is 24.2 Å². The van der Waals surface area contributed by atoms with Crippen LogP contribution in [0.1, 0.15) is 24.0 Å². The molecule has 0 aliphatic rings. The van der Waals surface area contributed by atoms with Gasteiger partial charge in [0.05, 0.1) is 24.3 Å². The number of carboxylic acid groups (broad SMARTS) is 1. The van der Waals surface area contributed by atoms with Crippen LogP contribution < -0.4 is 5.56 Å². The minimum Gasteiger partial charge on any atom is -0.481 e. The molecule has 37 heavy (non-hydrogen) atoms. The topological polar surface area (TPSA) is 99.8 Å². The van der Waals surface area contributed by atoms with Gasteiger partial charge in [0.2, 0.25) is 0 Å². The number of aromatic nitrogens is 1. The summed E-state index contributed by atoms with van der Waals surface area (Å²) in [6.45, 7) is 0.376. The first-order chi connectivity index (χ1) is 17.8. The van der Waals surface area contributed by atoms with Crippen LogP contribution in [0.5, 0.6) is 0 Å². The number of hydrogen-bond acceptors (Lipinski definition) is 4. The lowest BCUT2D eigenvalue weighted by Gasteiger charge is -2.19. The SMILES string of the molecule is O=C(O)CC(O)CC(O)/C=C/c1c(-c2ccc(F)cc2)n(CCc2ccccc2)c(=O)c2ccccc12. The summed E-state index contributed by atoms with van der Waals surface area (Å²) < 4.78 is 15.5. The quantitative estimate of drug-likeness (QED) is 0.294. The molecule has 0 aliphatic carbocycles. The predicted molar refractivity (Wildman–Crippen MR) is 142 cm³/mol. The van der Waals surface area contributed by atoms with E-state index in [-0.39, 0.29) is 12.0 Å². The van der Waals surface area contributed by atoms with Crippen molar-refractivity contribution in [3.8, 4) is 11.3 Å². The van der Waals surface area contributed by atoms with Gasteiger partial charge in [-0.3, -0.25) is 9.59 Å². The molecule has 4 rings (SSSR count). The number of hydrogen-bond donors (Lipinski definition) is 3. The van der Waals surface area contributed by atoms with Crippen molar-refractivity contribution in [1.82, 2.24) is 4.57 Å². The van der Waals surface area contributed by atoms with Gasteiger partial charge in [-0.15, -0.1) is 0 Å². The summed E-state index contributed by atoms with van der Waals surface area (Å²) in [6, 6.07) is 22.8. The van der Waals surface area contributed by atoms with Gasteiger partial charge in [-0.25, -0.2) is 4.39 Å². The number of benzene rings is 3. The first-order valence-corrected chi connectivity index (χ1v) is 12.0. The Morgan fingerprint density at radius 2 is 1.57 bits per heavy atom. The van der Waals surface area contributed by atoms with Crippen LogP contribution in [0, 0.1) is 5.82 Å². The van der Waals surface area contributed by atoms with Crippen molar-refractivity contribution < 1.29 is 24.5 Å². The number of aliphatic hydroxyl groups excluding tert-OH is 2. The van der Waals surface area contributed by atoms with Gasteiger partial charge in [0, 0.05) is 23.9 Å². The average Bonchev–Trinajstić information content (AvgIpc) is 2.88. The molecule has 3 aromatic carbocycles. The minimum atomic E-state index is -1.20. The summed E-state index contributed by atoms with van der Waals surface area (Å²) in [6.07, 6.45) is 0.813. The van der Waals surface area contributed by atoms with E-state index in [4.69, 9.17) is 5.11 Å². The van der Waals surface area contributed by atoms with E-state index in [1.54, 1.807) is 34.9 Å². The summed E-state index contributed by atoms with van der Waals surface area (Å²) in [4.78, 5) is 24.5. The van der Waals surface area contributed by atoms with Crippen molar-refractivity contribution in [3.05, 3.63) is 112 Å². The fourth-order valence-corrected chi connectivity index (χ4v) is 4.46. The summed E-state index contributed by atoms with van der Waals surface area (Å²) >= 11 is 0. The maximum Gasteiger partial charge on any atom is 0.305 e. The van der Waals surface area contributed by atoms with Crippen LogP contribution in [-0.2, 0) is 17.8 Å². The van der Waals surface area contributed by atoms with Crippen molar-refractivity contribution in [2.24, 2.45) is 0 Å². The smallest absolute Gasteiger partial charge is 0.305 e. The van der Waals surface area contributed by atoms with E-state index < -0.39 is 30.4 Å². The minimum absolute atomic E-state index is 0.153. The van der Waals surface area contributed by atoms with Gasteiger partial charge in [-0.05, 0) is 53.3 Å². The van der Waals surface area contributed by atoms with Crippen molar-refractivity contribution >= 4 is 22.8 Å². The van der Waals surface area contributed by atoms with Gasteiger partial charge in [-0.2, -0.15) is 0 Å². The normalized spacial score (nSPS) is 13.2. The largest absolute Gasteiger partial charge is 0.481 e. The highest BCUT2D eigenvalue weighted by Crippen LogP contribution is 2.30. The van der Waals surface area contributed by atoms with Crippen LogP contribution in [0.3, 0.4) is 0 Å². The fourth-order valence-electron chi connectivity index (χ4n) is 4.46. The molecule has 7 heteroatoms. The zero-order chi connectivity index (χ0) is 26.4. The molecule has 1 aromatic heterocycles. The third-order valence-electron chi connectivity index (χ3n) is 6.21. The third-order valence-corrected chi connectivity index (χ3v) is 6.21. The molecule has 0 fully saturated rings. The number of halogens is 1. The number of aliphatic carboxylic acids is 1.